The van der Waals surface area contributed by atoms with Crippen LogP contribution in [0.3, 0.4) is 0 Å². The van der Waals surface area contributed by atoms with Crippen LogP contribution < -0.4 is 0 Å². The molecule has 10 nitrogen and oxygen atoms in total. The van der Waals surface area contributed by atoms with Crippen LogP contribution in [0.5, 0.6) is 0 Å². The molecule has 0 aliphatic carbocycles. The SMILES string of the molecule is CCCCCCCCCCCCOCCOCCOCCOCCOCCOCCOCCOC(=O)C(=O)c1ccccc1. The maximum Gasteiger partial charge on any atom is 0.379 e. The smallest absolute Gasteiger partial charge is 0.379 e. The van der Waals surface area contributed by atoms with Crippen LogP contribution in [0.1, 0.15) is 81.5 Å². The van der Waals surface area contributed by atoms with Gasteiger partial charge in [-0.15, -0.1) is 0 Å². The summed E-state index contributed by atoms with van der Waals surface area (Å²) in [7, 11) is 0. The first-order chi connectivity index (χ1) is 21.8. The Morgan fingerprint density at radius 3 is 1.18 bits per heavy atom. The van der Waals surface area contributed by atoms with E-state index in [0.717, 1.165) is 13.0 Å². The number of Topliss-reactive ketones (excluding diaryl/α,β-unsaturated/α-hetero) is 1. The quantitative estimate of drug-likeness (QED) is 0.0424. The van der Waals surface area contributed by atoms with Crippen LogP contribution in [0.25, 0.3) is 0 Å². The molecule has 0 aromatic heterocycles. The Labute approximate surface area is 265 Å². The van der Waals surface area contributed by atoms with Gasteiger partial charge in [-0.2, -0.15) is 0 Å². The lowest BCUT2D eigenvalue weighted by Crippen LogP contribution is -2.20. The van der Waals surface area contributed by atoms with E-state index in [4.69, 9.17) is 37.9 Å². The van der Waals surface area contributed by atoms with Gasteiger partial charge in [-0.1, -0.05) is 95.0 Å². The van der Waals surface area contributed by atoms with E-state index in [1.165, 1.54) is 57.8 Å². The Morgan fingerprint density at radius 1 is 0.432 bits per heavy atom. The van der Waals surface area contributed by atoms with Gasteiger partial charge in [0.2, 0.25) is 0 Å². The predicted octanol–water partition coefficient (Wildman–Crippen LogP) is 5.45. The van der Waals surface area contributed by atoms with Crippen molar-refractivity contribution < 1.29 is 47.5 Å². The summed E-state index contributed by atoms with van der Waals surface area (Å²) in [5, 5.41) is 0. The Kier molecular flexibility index (Phi) is 29.6. The molecule has 0 amide bonds. The molecule has 0 N–H and O–H groups in total. The summed E-state index contributed by atoms with van der Waals surface area (Å²) >= 11 is 0. The van der Waals surface area contributed by atoms with Crippen LogP contribution in [0.4, 0.5) is 0 Å². The first kappa shape index (κ1) is 40.1. The van der Waals surface area contributed by atoms with Crippen LogP contribution in [0.2, 0.25) is 0 Å². The molecule has 1 aromatic rings. The zero-order valence-electron chi connectivity index (χ0n) is 27.1. The predicted molar refractivity (Wildman–Crippen MR) is 169 cm³/mol. The van der Waals surface area contributed by atoms with Crippen LogP contribution in [0, 0.1) is 0 Å². The summed E-state index contributed by atoms with van der Waals surface area (Å²) in [4.78, 5) is 23.6. The van der Waals surface area contributed by atoms with Crippen molar-refractivity contribution in [1.29, 1.82) is 0 Å². The average Bonchev–Trinajstić information content (AvgIpc) is 3.05. The zero-order chi connectivity index (χ0) is 31.6. The third-order valence-electron chi connectivity index (χ3n) is 6.56. The average molecular weight is 627 g/mol. The Hall–Kier alpha value is -1.92. The maximum absolute atomic E-state index is 11.9. The van der Waals surface area contributed by atoms with Gasteiger partial charge in [0.15, 0.2) is 0 Å². The summed E-state index contributed by atoms with van der Waals surface area (Å²) < 4.78 is 43.3. The van der Waals surface area contributed by atoms with Gasteiger partial charge in [0.05, 0.1) is 85.9 Å². The van der Waals surface area contributed by atoms with E-state index >= 15 is 0 Å². The summed E-state index contributed by atoms with van der Waals surface area (Å²) in [6, 6.07) is 8.29. The number of ether oxygens (including phenoxy) is 8. The van der Waals surface area contributed by atoms with Crippen LogP contribution in [-0.2, 0) is 42.7 Å². The highest BCUT2D eigenvalue weighted by Crippen LogP contribution is 2.10. The lowest BCUT2D eigenvalue weighted by molar-refractivity contribution is -0.139. The topological polar surface area (TPSA) is 108 Å². The molecule has 0 aliphatic heterocycles. The fourth-order valence-corrected chi connectivity index (χ4v) is 4.08. The fraction of sp³-hybridized carbons (Fsp3) is 0.765. The van der Waals surface area contributed by atoms with E-state index in [2.05, 4.69) is 6.92 Å². The lowest BCUT2D eigenvalue weighted by atomic mass is 10.1. The number of ketones is 1. The number of carbonyl (C=O) groups excluding carboxylic acids is 2. The summed E-state index contributed by atoms with van der Waals surface area (Å²) in [5.74, 6) is -1.56. The van der Waals surface area contributed by atoms with Gasteiger partial charge < -0.3 is 37.9 Å². The molecular formula is C34H58O10. The monoisotopic (exact) mass is 626 g/mol. The molecule has 1 rings (SSSR count). The van der Waals surface area contributed by atoms with Gasteiger partial charge in [-0.05, 0) is 6.42 Å². The highest BCUT2D eigenvalue weighted by molar-refractivity contribution is 6.40. The van der Waals surface area contributed by atoms with Crippen molar-refractivity contribution in [2.45, 2.75) is 71.1 Å². The molecule has 0 spiro atoms. The normalized spacial score (nSPS) is 11.2. The molecule has 0 bridgehead atoms. The fourth-order valence-electron chi connectivity index (χ4n) is 4.08. The molecule has 0 radical (unpaired) electrons. The molecule has 0 saturated carbocycles. The third-order valence-corrected chi connectivity index (χ3v) is 6.56. The Morgan fingerprint density at radius 2 is 0.773 bits per heavy atom. The molecular weight excluding hydrogens is 568 g/mol. The number of unbranched alkanes of at least 4 members (excludes halogenated alkanes) is 9. The van der Waals surface area contributed by atoms with E-state index in [9.17, 15) is 9.59 Å². The van der Waals surface area contributed by atoms with E-state index < -0.39 is 11.8 Å². The van der Waals surface area contributed by atoms with Crippen LogP contribution >= 0.6 is 0 Å². The molecule has 0 aliphatic rings. The van der Waals surface area contributed by atoms with E-state index in [1.807, 2.05) is 0 Å². The lowest BCUT2D eigenvalue weighted by Gasteiger charge is -2.09. The highest BCUT2D eigenvalue weighted by Gasteiger charge is 2.17. The number of carbonyl (C=O) groups is 2. The van der Waals surface area contributed by atoms with E-state index in [0.29, 0.717) is 84.8 Å². The molecule has 10 heteroatoms. The van der Waals surface area contributed by atoms with Crippen molar-refractivity contribution in [3.8, 4) is 0 Å². The Bertz CT molecular complexity index is 762. The summed E-state index contributed by atoms with van der Waals surface area (Å²) in [6.45, 7) is 9.26. The molecule has 254 valence electrons. The van der Waals surface area contributed by atoms with Crippen molar-refractivity contribution in [3.63, 3.8) is 0 Å². The summed E-state index contributed by atoms with van der Waals surface area (Å²) in [6.07, 6.45) is 13.3. The van der Waals surface area contributed by atoms with Crippen molar-refractivity contribution >= 4 is 11.8 Å². The molecule has 1 aromatic carbocycles. The minimum Gasteiger partial charge on any atom is -0.457 e. The van der Waals surface area contributed by atoms with Gasteiger partial charge in [0, 0.05) is 12.2 Å². The minimum atomic E-state index is -0.888. The van der Waals surface area contributed by atoms with Gasteiger partial charge >= 0.3 is 5.97 Å². The maximum atomic E-state index is 11.9. The molecule has 0 atom stereocenters. The molecule has 0 saturated heterocycles. The van der Waals surface area contributed by atoms with Crippen molar-refractivity contribution in [1.82, 2.24) is 0 Å². The summed E-state index contributed by atoms with van der Waals surface area (Å²) in [5.41, 5.74) is 0.303. The zero-order valence-corrected chi connectivity index (χ0v) is 27.1. The van der Waals surface area contributed by atoms with Crippen molar-refractivity contribution in [2.24, 2.45) is 0 Å². The van der Waals surface area contributed by atoms with Crippen LogP contribution in [0.15, 0.2) is 30.3 Å². The van der Waals surface area contributed by atoms with Gasteiger partial charge in [0.25, 0.3) is 5.78 Å². The minimum absolute atomic E-state index is 0.00824. The molecule has 0 fully saturated rings. The standard InChI is InChI=1S/C34H58O10/c1-2-3-4-5-6-7-8-9-10-14-17-37-18-19-38-20-21-39-22-23-40-24-25-41-26-27-42-28-29-43-30-31-44-34(36)33(35)32-15-12-11-13-16-32/h11-13,15-16H,2-10,14,17-31H2,1H3. The first-order valence-corrected chi connectivity index (χ1v) is 16.6. The Balaban J connectivity index is 1.67. The molecule has 44 heavy (non-hydrogen) atoms. The number of esters is 1. The molecule has 0 heterocycles. The number of hydrogen-bond donors (Lipinski definition) is 0. The van der Waals surface area contributed by atoms with Gasteiger partial charge in [-0.25, -0.2) is 4.79 Å². The largest absolute Gasteiger partial charge is 0.457 e. The van der Waals surface area contributed by atoms with Crippen molar-refractivity contribution in [3.05, 3.63) is 35.9 Å². The third kappa shape index (κ3) is 26.5. The van der Waals surface area contributed by atoms with E-state index in [1.54, 1.807) is 30.3 Å². The second-order valence-corrected chi connectivity index (χ2v) is 10.3. The second-order valence-electron chi connectivity index (χ2n) is 10.3. The molecule has 0 unspecified atom stereocenters. The first-order valence-electron chi connectivity index (χ1n) is 16.6. The van der Waals surface area contributed by atoms with E-state index in [-0.39, 0.29) is 13.2 Å². The van der Waals surface area contributed by atoms with Gasteiger partial charge in [-0.3, -0.25) is 4.79 Å². The highest BCUT2D eigenvalue weighted by atomic mass is 16.6. The number of hydrogen-bond acceptors (Lipinski definition) is 10. The second kappa shape index (κ2) is 32.5. The van der Waals surface area contributed by atoms with Gasteiger partial charge in [0.1, 0.15) is 6.61 Å². The van der Waals surface area contributed by atoms with Crippen LogP contribution in [-0.4, -0.2) is 111 Å². The number of rotatable bonds is 34. The number of benzene rings is 1. The van der Waals surface area contributed by atoms with Crippen molar-refractivity contribution in [2.75, 3.05) is 99.1 Å².